The van der Waals surface area contributed by atoms with Crippen LogP contribution in [0.1, 0.15) is 15.9 Å². The molecule has 0 spiro atoms. The van der Waals surface area contributed by atoms with Crippen molar-refractivity contribution in [3.8, 4) is 11.5 Å². The number of ether oxygens (including phenoxy) is 2. The molecular formula is C20H16ClN3O3. The van der Waals surface area contributed by atoms with Crippen molar-refractivity contribution < 1.29 is 14.3 Å². The molecule has 1 aliphatic heterocycles. The second-order valence-corrected chi connectivity index (χ2v) is 6.40. The van der Waals surface area contributed by atoms with Crippen LogP contribution < -0.4 is 20.1 Å². The summed E-state index contributed by atoms with van der Waals surface area (Å²) >= 11 is 5.94. The second kappa shape index (κ2) is 7.55. The van der Waals surface area contributed by atoms with E-state index in [0.717, 1.165) is 22.7 Å². The fourth-order valence-electron chi connectivity index (χ4n) is 2.69. The minimum absolute atomic E-state index is 0.250. The quantitative estimate of drug-likeness (QED) is 0.688. The van der Waals surface area contributed by atoms with Crippen molar-refractivity contribution in [1.29, 1.82) is 0 Å². The molecule has 1 aromatic heterocycles. The zero-order valence-corrected chi connectivity index (χ0v) is 15.0. The number of benzene rings is 2. The molecule has 3 aromatic rings. The molecule has 0 saturated carbocycles. The maximum Gasteiger partial charge on any atom is 0.257 e. The molecule has 0 radical (unpaired) electrons. The molecule has 0 atom stereocenters. The number of hydrogen-bond acceptors (Lipinski definition) is 5. The van der Waals surface area contributed by atoms with E-state index in [1.54, 1.807) is 36.5 Å². The molecule has 0 aliphatic carbocycles. The number of pyridine rings is 1. The maximum absolute atomic E-state index is 12.4. The van der Waals surface area contributed by atoms with Crippen LogP contribution in [0.15, 0.2) is 60.9 Å². The molecule has 4 rings (SSSR count). The summed E-state index contributed by atoms with van der Waals surface area (Å²) in [5, 5.41) is 6.63. The summed E-state index contributed by atoms with van der Waals surface area (Å²) in [6, 6.07) is 14.5. The standard InChI is InChI=1S/C20H16ClN3O3/c21-15-2-1-3-16(8-15)24-20(25)14-7-17(11-22-10-14)23-9-13-4-5-18-19(6-13)27-12-26-18/h1-8,10-11,23H,9,12H2,(H,24,25). The number of carbonyl (C=O) groups excluding carboxylic acids is 1. The topological polar surface area (TPSA) is 72.5 Å². The van der Waals surface area contributed by atoms with Crippen LogP contribution in [0.3, 0.4) is 0 Å². The Kier molecular flexibility index (Phi) is 4.80. The van der Waals surface area contributed by atoms with Gasteiger partial charge in [0.25, 0.3) is 5.91 Å². The van der Waals surface area contributed by atoms with Crippen LogP contribution >= 0.6 is 11.6 Å². The molecule has 2 heterocycles. The molecule has 27 heavy (non-hydrogen) atoms. The average molecular weight is 382 g/mol. The van der Waals surface area contributed by atoms with Crippen LogP contribution in [0.25, 0.3) is 0 Å². The van der Waals surface area contributed by atoms with Crippen molar-refractivity contribution in [3.63, 3.8) is 0 Å². The summed E-state index contributed by atoms with van der Waals surface area (Å²) in [7, 11) is 0. The van der Waals surface area contributed by atoms with Crippen molar-refractivity contribution in [3.05, 3.63) is 77.1 Å². The Hall–Kier alpha value is -3.25. The molecule has 1 aliphatic rings. The molecule has 2 aromatic carbocycles. The Morgan fingerprint density at radius 2 is 1.93 bits per heavy atom. The van der Waals surface area contributed by atoms with E-state index < -0.39 is 0 Å². The first-order valence-corrected chi connectivity index (χ1v) is 8.69. The van der Waals surface area contributed by atoms with Crippen LogP contribution in [0.4, 0.5) is 11.4 Å². The Bertz CT molecular complexity index is 994. The van der Waals surface area contributed by atoms with Gasteiger partial charge in [0.15, 0.2) is 11.5 Å². The van der Waals surface area contributed by atoms with Gasteiger partial charge < -0.3 is 20.1 Å². The van der Waals surface area contributed by atoms with E-state index in [-0.39, 0.29) is 12.7 Å². The SMILES string of the molecule is O=C(Nc1cccc(Cl)c1)c1cncc(NCc2ccc3c(c2)OCO3)c1. The van der Waals surface area contributed by atoms with Crippen molar-refractivity contribution in [2.45, 2.75) is 6.54 Å². The smallest absolute Gasteiger partial charge is 0.257 e. The number of amides is 1. The van der Waals surface area contributed by atoms with Gasteiger partial charge in [0.2, 0.25) is 6.79 Å². The number of anilines is 2. The van der Waals surface area contributed by atoms with Crippen molar-refractivity contribution in [1.82, 2.24) is 4.98 Å². The predicted octanol–water partition coefficient (Wildman–Crippen LogP) is 4.33. The molecule has 0 bridgehead atoms. The largest absolute Gasteiger partial charge is 0.454 e. The van der Waals surface area contributed by atoms with Crippen molar-refractivity contribution in [2.75, 3.05) is 17.4 Å². The van der Waals surface area contributed by atoms with Gasteiger partial charge in [0, 0.05) is 29.6 Å². The Morgan fingerprint density at radius 1 is 1.04 bits per heavy atom. The number of fused-ring (bicyclic) bond motifs is 1. The number of nitrogens with one attached hydrogen (secondary N) is 2. The number of rotatable bonds is 5. The fourth-order valence-corrected chi connectivity index (χ4v) is 2.88. The zero-order chi connectivity index (χ0) is 18.6. The van der Waals surface area contributed by atoms with Crippen molar-refractivity contribution in [2.24, 2.45) is 0 Å². The van der Waals surface area contributed by atoms with Crippen LogP contribution in [0.2, 0.25) is 5.02 Å². The van der Waals surface area contributed by atoms with E-state index in [1.165, 1.54) is 6.20 Å². The molecule has 1 amide bonds. The number of nitrogens with zero attached hydrogens (tertiary/aromatic N) is 1. The monoisotopic (exact) mass is 381 g/mol. The van der Waals surface area contributed by atoms with Gasteiger partial charge in [0.05, 0.1) is 11.3 Å². The Morgan fingerprint density at radius 3 is 2.81 bits per heavy atom. The highest BCUT2D eigenvalue weighted by Gasteiger charge is 2.13. The summed E-state index contributed by atoms with van der Waals surface area (Å²) < 4.78 is 10.7. The zero-order valence-electron chi connectivity index (χ0n) is 14.2. The first-order valence-electron chi connectivity index (χ1n) is 8.32. The van der Waals surface area contributed by atoms with E-state index in [2.05, 4.69) is 15.6 Å². The number of carbonyl (C=O) groups is 1. The van der Waals surface area contributed by atoms with Gasteiger partial charge in [-0.3, -0.25) is 9.78 Å². The second-order valence-electron chi connectivity index (χ2n) is 5.97. The lowest BCUT2D eigenvalue weighted by molar-refractivity contribution is 0.102. The van der Waals surface area contributed by atoms with Gasteiger partial charge in [-0.25, -0.2) is 0 Å². The van der Waals surface area contributed by atoms with Crippen LogP contribution in [-0.4, -0.2) is 17.7 Å². The van der Waals surface area contributed by atoms with Crippen LogP contribution in [0, 0.1) is 0 Å². The van der Waals surface area contributed by atoms with Gasteiger partial charge in [-0.15, -0.1) is 0 Å². The van der Waals surface area contributed by atoms with E-state index in [9.17, 15) is 4.79 Å². The third-order valence-electron chi connectivity index (χ3n) is 4.02. The summed E-state index contributed by atoms with van der Waals surface area (Å²) in [5.74, 6) is 1.23. The van der Waals surface area contributed by atoms with Crippen molar-refractivity contribution >= 4 is 28.9 Å². The lowest BCUT2D eigenvalue weighted by atomic mass is 10.2. The maximum atomic E-state index is 12.4. The first-order chi connectivity index (χ1) is 13.2. The molecule has 0 unspecified atom stereocenters. The summed E-state index contributed by atoms with van der Waals surface area (Å²) in [6.07, 6.45) is 3.19. The van der Waals surface area contributed by atoms with E-state index in [4.69, 9.17) is 21.1 Å². The number of halogens is 1. The minimum atomic E-state index is -0.253. The van der Waals surface area contributed by atoms with Crippen LogP contribution in [-0.2, 0) is 6.54 Å². The molecule has 0 saturated heterocycles. The lowest BCUT2D eigenvalue weighted by Crippen LogP contribution is -2.12. The molecule has 136 valence electrons. The van der Waals surface area contributed by atoms with Gasteiger partial charge >= 0.3 is 0 Å². The number of aromatic nitrogens is 1. The van der Waals surface area contributed by atoms with Crippen LogP contribution in [0.5, 0.6) is 11.5 Å². The molecular weight excluding hydrogens is 366 g/mol. The molecule has 7 heteroatoms. The van der Waals surface area contributed by atoms with Gasteiger partial charge in [-0.05, 0) is 42.0 Å². The van der Waals surface area contributed by atoms with Gasteiger partial charge in [-0.1, -0.05) is 23.7 Å². The summed E-state index contributed by atoms with van der Waals surface area (Å²) in [4.78, 5) is 16.6. The highest BCUT2D eigenvalue weighted by atomic mass is 35.5. The predicted molar refractivity (Wildman–Crippen MR) is 104 cm³/mol. The third-order valence-corrected chi connectivity index (χ3v) is 4.25. The third kappa shape index (κ3) is 4.12. The van der Waals surface area contributed by atoms with Gasteiger partial charge in [0.1, 0.15) is 0 Å². The number of hydrogen-bond donors (Lipinski definition) is 2. The Balaban J connectivity index is 1.42. The van der Waals surface area contributed by atoms with E-state index in [1.807, 2.05) is 18.2 Å². The molecule has 2 N–H and O–H groups in total. The fraction of sp³-hybridized carbons (Fsp3) is 0.100. The van der Waals surface area contributed by atoms with Gasteiger partial charge in [-0.2, -0.15) is 0 Å². The first kappa shape index (κ1) is 17.2. The molecule has 6 nitrogen and oxygen atoms in total. The average Bonchev–Trinajstić information content (AvgIpc) is 3.14. The molecule has 0 fully saturated rings. The highest BCUT2D eigenvalue weighted by Crippen LogP contribution is 2.32. The lowest BCUT2D eigenvalue weighted by Gasteiger charge is -2.09. The normalized spacial score (nSPS) is 11.9. The summed E-state index contributed by atoms with van der Waals surface area (Å²) in [6.45, 7) is 0.817. The van der Waals surface area contributed by atoms with E-state index in [0.29, 0.717) is 22.8 Å². The highest BCUT2D eigenvalue weighted by molar-refractivity contribution is 6.30. The summed E-state index contributed by atoms with van der Waals surface area (Å²) in [5.41, 5.74) is 2.86. The van der Waals surface area contributed by atoms with E-state index >= 15 is 0 Å². The minimum Gasteiger partial charge on any atom is -0.454 e. The Labute approximate surface area is 161 Å².